The van der Waals surface area contributed by atoms with E-state index < -0.39 is 0 Å². The number of ether oxygens (including phenoxy) is 1. The van der Waals surface area contributed by atoms with E-state index in [-0.39, 0.29) is 42.9 Å². The monoisotopic (exact) mass is 491 g/mol. The number of hydrogen-bond donors (Lipinski definition) is 1. The van der Waals surface area contributed by atoms with Gasteiger partial charge in [0, 0.05) is 36.8 Å². The molecule has 2 heterocycles. The number of aromatic nitrogens is 1. The second kappa shape index (κ2) is 10.5. The van der Waals surface area contributed by atoms with Crippen LogP contribution in [0.2, 0.25) is 5.02 Å². The third-order valence-corrected chi connectivity index (χ3v) is 6.10. The quantitative estimate of drug-likeness (QED) is 0.526. The highest BCUT2D eigenvalue weighted by Gasteiger charge is 2.31. The van der Waals surface area contributed by atoms with E-state index in [0.29, 0.717) is 31.3 Å². The largest absolute Gasteiger partial charge is 0.448 e. The number of halogens is 3. The van der Waals surface area contributed by atoms with Crippen LogP contribution in [0.25, 0.3) is 11.1 Å². The molecule has 1 unspecified atom stereocenters. The Kier molecular flexibility index (Phi) is 8.01. The van der Waals surface area contributed by atoms with Gasteiger partial charge in [-0.2, -0.15) is 0 Å². The molecule has 32 heavy (non-hydrogen) atoms. The number of hydrogen-bond acceptors (Lipinski definition) is 4. The number of fused-ring (bicyclic) bond motifs is 3. The lowest BCUT2D eigenvalue weighted by Gasteiger charge is -2.33. The third kappa shape index (κ3) is 4.71. The highest BCUT2D eigenvalue weighted by Crippen LogP contribution is 2.44. The number of pyridine rings is 1. The number of nitrogens with zero attached hydrogens (tertiary/aromatic N) is 2. The van der Waals surface area contributed by atoms with Gasteiger partial charge in [0.1, 0.15) is 6.61 Å². The van der Waals surface area contributed by atoms with Crippen molar-refractivity contribution in [2.75, 3.05) is 26.2 Å². The van der Waals surface area contributed by atoms with Crippen molar-refractivity contribution in [3.63, 3.8) is 0 Å². The molecule has 1 amide bonds. The van der Waals surface area contributed by atoms with E-state index in [0.717, 1.165) is 5.69 Å². The minimum Gasteiger partial charge on any atom is -0.448 e. The fourth-order valence-corrected chi connectivity index (χ4v) is 4.58. The molecule has 1 aromatic heterocycles. The number of carbonyl (C=O) groups excluding carboxylic acids is 1. The van der Waals surface area contributed by atoms with Crippen LogP contribution in [0.15, 0.2) is 66.9 Å². The van der Waals surface area contributed by atoms with Gasteiger partial charge in [-0.05, 0) is 34.4 Å². The maximum Gasteiger partial charge on any atom is 0.409 e. The van der Waals surface area contributed by atoms with Gasteiger partial charge in [0.05, 0.1) is 11.7 Å². The van der Waals surface area contributed by atoms with Gasteiger partial charge in [-0.15, -0.1) is 24.8 Å². The van der Waals surface area contributed by atoms with Crippen LogP contribution >= 0.6 is 36.4 Å². The van der Waals surface area contributed by atoms with Crippen LogP contribution in [0, 0.1) is 0 Å². The average Bonchev–Trinajstić information content (AvgIpc) is 3.11. The minimum absolute atomic E-state index is 0. The molecule has 1 atom stereocenters. The van der Waals surface area contributed by atoms with E-state index in [2.05, 4.69) is 46.7 Å². The predicted octanol–water partition coefficient (Wildman–Crippen LogP) is 5.47. The summed E-state index contributed by atoms with van der Waals surface area (Å²) in [7, 11) is 0. The van der Waals surface area contributed by atoms with Crippen LogP contribution in [0.4, 0.5) is 4.79 Å². The fraction of sp³-hybridized carbons (Fsp3) is 0.250. The van der Waals surface area contributed by atoms with E-state index >= 15 is 0 Å². The molecule has 1 N–H and O–H groups in total. The molecule has 1 aliphatic heterocycles. The first-order valence-corrected chi connectivity index (χ1v) is 10.5. The number of carbonyl (C=O) groups is 1. The van der Waals surface area contributed by atoms with Crippen molar-refractivity contribution in [2.24, 2.45) is 0 Å². The Bertz CT molecular complexity index is 1050. The van der Waals surface area contributed by atoms with Crippen LogP contribution < -0.4 is 5.32 Å². The topological polar surface area (TPSA) is 54.5 Å². The first-order chi connectivity index (χ1) is 14.7. The summed E-state index contributed by atoms with van der Waals surface area (Å²) in [4.78, 5) is 19.0. The average molecular weight is 493 g/mol. The van der Waals surface area contributed by atoms with Crippen LogP contribution in [0.5, 0.6) is 0 Å². The molecular weight excluding hydrogens is 469 g/mol. The molecule has 0 saturated carbocycles. The van der Waals surface area contributed by atoms with Crippen molar-refractivity contribution in [1.82, 2.24) is 15.2 Å². The van der Waals surface area contributed by atoms with Gasteiger partial charge in [0.2, 0.25) is 0 Å². The second-order valence-corrected chi connectivity index (χ2v) is 8.09. The van der Waals surface area contributed by atoms with Crippen molar-refractivity contribution in [2.45, 2.75) is 12.0 Å². The van der Waals surface area contributed by atoms with E-state index in [1.807, 2.05) is 18.2 Å². The van der Waals surface area contributed by atoms with Crippen LogP contribution in [0.3, 0.4) is 0 Å². The molecule has 2 aliphatic rings. The SMILES string of the molecule is Cl.Cl.O=C(OCC1c2ccccc2-c2ccccc21)N1CCNC(c2cc(Cl)ccn2)C1. The zero-order valence-electron chi connectivity index (χ0n) is 17.2. The maximum atomic E-state index is 12.9. The lowest BCUT2D eigenvalue weighted by Crippen LogP contribution is -2.48. The number of amides is 1. The summed E-state index contributed by atoms with van der Waals surface area (Å²) in [6.45, 7) is 2.12. The number of piperazine rings is 1. The first-order valence-electron chi connectivity index (χ1n) is 10.2. The van der Waals surface area contributed by atoms with Crippen molar-refractivity contribution >= 4 is 42.5 Å². The van der Waals surface area contributed by atoms with Gasteiger partial charge >= 0.3 is 6.09 Å². The van der Waals surface area contributed by atoms with E-state index in [4.69, 9.17) is 16.3 Å². The van der Waals surface area contributed by atoms with Crippen molar-refractivity contribution < 1.29 is 9.53 Å². The smallest absolute Gasteiger partial charge is 0.409 e. The molecule has 5 nitrogen and oxygen atoms in total. The Hall–Kier alpha value is -2.31. The zero-order chi connectivity index (χ0) is 20.5. The molecule has 0 bridgehead atoms. The molecule has 8 heteroatoms. The van der Waals surface area contributed by atoms with Crippen molar-refractivity contribution in [1.29, 1.82) is 0 Å². The summed E-state index contributed by atoms with van der Waals surface area (Å²) in [5.74, 6) is 0.0645. The maximum absolute atomic E-state index is 12.9. The highest BCUT2D eigenvalue weighted by atomic mass is 35.5. The van der Waals surface area contributed by atoms with Gasteiger partial charge in [-0.1, -0.05) is 60.1 Å². The Morgan fingerprint density at radius 1 is 1.06 bits per heavy atom. The number of rotatable bonds is 3. The molecule has 2 aromatic carbocycles. The highest BCUT2D eigenvalue weighted by molar-refractivity contribution is 6.30. The summed E-state index contributed by atoms with van der Waals surface area (Å²) >= 11 is 6.09. The zero-order valence-corrected chi connectivity index (χ0v) is 19.6. The Labute approximate surface area is 205 Å². The minimum atomic E-state index is -0.287. The molecule has 1 fully saturated rings. The molecule has 1 saturated heterocycles. The summed E-state index contributed by atoms with van der Waals surface area (Å²) in [6.07, 6.45) is 1.40. The summed E-state index contributed by atoms with van der Waals surface area (Å²) in [6, 6.07) is 20.2. The summed E-state index contributed by atoms with van der Waals surface area (Å²) < 4.78 is 5.80. The van der Waals surface area contributed by atoms with Crippen LogP contribution in [-0.4, -0.2) is 42.2 Å². The number of nitrogens with one attached hydrogen (secondary N) is 1. The molecule has 168 valence electrons. The summed E-state index contributed by atoms with van der Waals surface area (Å²) in [5.41, 5.74) is 5.71. The fourth-order valence-electron chi connectivity index (χ4n) is 4.41. The Balaban J connectivity index is 0.00000144. The Morgan fingerprint density at radius 3 is 2.38 bits per heavy atom. The second-order valence-electron chi connectivity index (χ2n) is 7.66. The lowest BCUT2D eigenvalue weighted by atomic mass is 9.98. The number of benzene rings is 2. The van der Waals surface area contributed by atoms with Crippen LogP contribution in [-0.2, 0) is 4.74 Å². The Morgan fingerprint density at radius 2 is 1.72 bits per heavy atom. The van der Waals surface area contributed by atoms with Crippen molar-refractivity contribution in [3.8, 4) is 11.1 Å². The van der Waals surface area contributed by atoms with Gasteiger partial charge in [0.25, 0.3) is 0 Å². The van der Waals surface area contributed by atoms with E-state index in [9.17, 15) is 4.79 Å². The molecule has 0 spiro atoms. The first kappa shape index (κ1) is 24.3. The van der Waals surface area contributed by atoms with Gasteiger partial charge in [0.15, 0.2) is 0 Å². The molecular formula is C24H24Cl3N3O2. The normalized spacial score (nSPS) is 16.9. The third-order valence-electron chi connectivity index (χ3n) is 5.87. The lowest BCUT2D eigenvalue weighted by molar-refractivity contribution is 0.0880. The van der Waals surface area contributed by atoms with Crippen LogP contribution in [0.1, 0.15) is 28.8 Å². The summed E-state index contributed by atoms with van der Waals surface area (Å²) in [5, 5.41) is 4.04. The standard InChI is InChI=1S/C24H22ClN3O2.2ClH/c25-16-9-10-26-22(13-16)23-14-28(12-11-27-23)24(29)30-15-21-19-7-3-1-5-17(19)18-6-2-4-8-20(18)21;;/h1-10,13,21,23,27H,11-12,14-15H2;2*1H. The molecule has 0 radical (unpaired) electrons. The van der Waals surface area contributed by atoms with E-state index in [1.165, 1.54) is 22.3 Å². The molecule has 5 rings (SSSR count). The molecule has 3 aromatic rings. The van der Waals surface area contributed by atoms with Crippen molar-refractivity contribution in [3.05, 3.63) is 88.7 Å². The van der Waals surface area contributed by atoms with Gasteiger partial charge < -0.3 is 15.0 Å². The molecule has 1 aliphatic carbocycles. The predicted molar refractivity (Wildman–Crippen MR) is 131 cm³/mol. The van der Waals surface area contributed by atoms with E-state index in [1.54, 1.807) is 17.2 Å². The van der Waals surface area contributed by atoms with Gasteiger partial charge in [-0.25, -0.2) is 4.79 Å². The van der Waals surface area contributed by atoms with Gasteiger partial charge in [-0.3, -0.25) is 4.98 Å².